The van der Waals surface area contributed by atoms with Gasteiger partial charge in [-0.15, -0.1) is 0 Å². The second-order valence-electron chi connectivity index (χ2n) is 7.26. The number of ether oxygens (including phenoxy) is 1. The topological polar surface area (TPSA) is 77.4 Å². The number of carbonyl (C=O) groups is 2. The highest BCUT2D eigenvalue weighted by Gasteiger charge is 2.23. The molecule has 0 aliphatic rings. The number of nitrogens with zero attached hydrogens (tertiary/aromatic N) is 1. The fourth-order valence-corrected chi connectivity index (χ4v) is 2.53. The van der Waals surface area contributed by atoms with Gasteiger partial charge in [-0.3, -0.25) is 9.59 Å². The zero-order valence-corrected chi connectivity index (χ0v) is 16.5. The monoisotopic (exact) mass is 390 g/mol. The lowest BCUT2D eigenvalue weighted by atomic mass is 10.1. The molecule has 1 unspecified atom stereocenters. The molecule has 7 heteroatoms. The summed E-state index contributed by atoms with van der Waals surface area (Å²) in [5.74, 6) is -1.07. The van der Waals surface area contributed by atoms with Gasteiger partial charge in [-0.05, 0) is 45.4 Å². The van der Waals surface area contributed by atoms with Gasteiger partial charge in [0.05, 0.1) is 12.1 Å². The number of carbonyl (C=O) groups excluding carboxylic acids is 2. The lowest BCUT2D eigenvalue weighted by Crippen LogP contribution is -2.46. The van der Waals surface area contributed by atoms with Crippen LogP contribution in [0.15, 0.2) is 47.4 Å². The third-order valence-corrected chi connectivity index (χ3v) is 4.04. The molecule has 144 valence electrons. The number of esters is 1. The Hall–Kier alpha value is -2.60. The molecule has 27 heavy (non-hydrogen) atoms. The summed E-state index contributed by atoms with van der Waals surface area (Å²) in [6, 6.07) is 9.82. The van der Waals surface area contributed by atoms with Crippen molar-refractivity contribution < 1.29 is 14.3 Å². The Morgan fingerprint density at radius 3 is 2.48 bits per heavy atom. The van der Waals surface area contributed by atoms with Gasteiger partial charge in [0.1, 0.15) is 0 Å². The summed E-state index contributed by atoms with van der Waals surface area (Å²) < 4.78 is 6.59. The van der Waals surface area contributed by atoms with E-state index < -0.39 is 17.6 Å². The molecule has 0 aliphatic heterocycles. The molecule has 1 aromatic carbocycles. The van der Waals surface area contributed by atoms with Crippen LogP contribution in [-0.4, -0.2) is 28.1 Å². The molecular formula is C20H23ClN2O4. The van der Waals surface area contributed by atoms with Crippen LogP contribution in [0.3, 0.4) is 0 Å². The minimum absolute atomic E-state index is 0.178. The zero-order chi connectivity index (χ0) is 20.2. The third kappa shape index (κ3) is 5.96. The average Bonchev–Trinajstić information content (AvgIpc) is 2.57. The van der Waals surface area contributed by atoms with E-state index in [1.165, 1.54) is 29.8 Å². The molecule has 2 rings (SSSR count). The Kier molecular flexibility index (Phi) is 6.44. The second-order valence-corrected chi connectivity index (χ2v) is 7.67. The number of pyridine rings is 1. The van der Waals surface area contributed by atoms with Crippen molar-refractivity contribution >= 4 is 23.5 Å². The maximum absolute atomic E-state index is 12.4. The van der Waals surface area contributed by atoms with Gasteiger partial charge in [0.2, 0.25) is 0 Å². The van der Waals surface area contributed by atoms with Gasteiger partial charge in [-0.1, -0.05) is 29.8 Å². The molecule has 6 nitrogen and oxygen atoms in total. The van der Waals surface area contributed by atoms with Gasteiger partial charge in [-0.25, -0.2) is 4.79 Å². The van der Waals surface area contributed by atoms with Gasteiger partial charge < -0.3 is 14.6 Å². The number of benzene rings is 1. The van der Waals surface area contributed by atoms with Crippen LogP contribution in [0.2, 0.25) is 5.02 Å². The molecule has 0 saturated heterocycles. The molecule has 0 spiro atoms. The van der Waals surface area contributed by atoms with E-state index in [9.17, 15) is 14.4 Å². The molecule has 1 N–H and O–H groups in total. The van der Waals surface area contributed by atoms with Gasteiger partial charge in [0, 0.05) is 22.8 Å². The van der Waals surface area contributed by atoms with Crippen LogP contribution in [0.5, 0.6) is 0 Å². The highest BCUT2D eigenvalue weighted by Crippen LogP contribution is 2.16. The quantitative estimate of drug-likeness (QED) is 0.796. The standard InChI is InChI=1S/C20H23ClN2O4/c1-13(18(25)22-20(2,3)4)27-19(26)15-9-10-17(24)23(12-15)11-14-7-5-6-8-16(14)21/h5-10,12-13H,11H2,1-4H3,(H,22,25). The maximum atomic E-state index is 12.4. The summed E-state index contributed by atoms with van der Waals surface area (Å²) in [7, 11) is 0. The summed E-state index contributed by atoms with van der Waals surface area (Å²) in [5, 5.41) is 3.28. The molecule has 0 saturated carbocycles. The Labute approximate surface area is 163 Å². The number of rotatable bonds is 5. The van der Waals surface area contributed by atoms with Crippen molar-refractivity contribution in [3.63, 3.8) is 0 Å². The van der Waals surface area contributed by atoms with Gasteiger partial charge in [0.15, 0.2) is 6.10 Å². The van der Waals surface area contributed by atoms with Gasteiger partial charge >= 0.3 is 5.97 Å². The first kappa shape index (κ1) is 20.7. The largest absolute Gasteiger partial charge is 0.449 e. The predicted octanol–water partition coefficient (Wildman–Crippen LogP) is 3.01. The fourth-order valence-electron chi connectivity index (χ4n) is 2.34. The van der Waals surface area contributed by atoms with Crippen LogP contribution in [0.4, 0.5) is 0 Å². The first-order valence-electron chi connectivity index (χ1n) is 8.54. The molecule has 1 atom stereocenters. The van der Waals surface area contributed by atoms with Crippen LogP contribution < -0.4 is 10.9 Å². The minimum atomic E-state index is -0.958. The predicted molar refractivity (Wildman–Crippen MR) is 104 cm³/mol. The number of hydrogen-bond donors (Lipinski definition) is 1. The summed E-state index contributed by atoms with van der Waals surface area (Å²) in [5.41, 5.74) is 0.228. The van der Waals surface area contributed by atoms with Crippen molar-refractivity contribution in [3.8, 4) is 0 Å². The van der Waals surface area contributed by atoms with E-state index in [0.717, 1.165) is 5.56 Å². The maximum Gasteiger partial charge on any atom is 0.340 e. The summed E-state index contributed by atoms with van der Waals surface area (Å²) in [6.07, 6.45) is 0.447. The van der Waals surface area contributed by atoms with Crippen LogP contribution in [0, 0.1) is 0 Å². The summed E-state index contributed by atoms with van der Waals surface area (Å²) >= 11 is 6.13. The molecule has 0 aliphatic carbocycles. The van der Waals surface area contributed by atoms with Crippen molar-refractivity contribution in [1.82, 2.24) is 9.88 Å². The Balaban J connectivity index is 2.15. The van der Waals surface area contributed by atoms with Crippen LogP contribution in [-0.2, 0) is 16.1 Å². The van der Waals surface area contributed by atoms with Crippen molar-refractivity contribution in [3.05, 3.63) is 69.1 Å². The third-order valence-electron chi connectivity index (χ3n) is 3.67. The van der Waals surface area contributed by atoms with Crippen LogP contribution >= 0.6 is 11.6 Å². The van der Waals surface area contributed by atoms with E-state index >= 15 is 0 Å². The van der Waals surface area contributed by atoms with E-state index in [2.05, 4.69) is 5.32 Å². The summed E-state index contributed by atoms with van der Waals surface area (Å²) in [6.45, 7) is 7.23. The lowest BCUT2D eigenvalue weighted by Gasteiger charge is -2.23. The van der Waals surface area contributed by atoms with E-state index in [1.54, 1.807) is 18.2 Å². The smallest absolute Gasteiger partial charge is 0.340 e. The van der Waals surface area contributed by atoms with E-state index in [-0.39, 0.29) is 23.6 Å². The number of amides is 1. The SMILES string of the molecule is CC(OC(=O)c1ccc(=O)n(Cc2ccccc2Cl)c1)C(=O)NC(C)(C)C. The molecule has 0 bridgehead atoms. The van der Waals surface area contributed by atoms with Crippen LogP contribution in [0.1, 0.15) is 43.6 Å². The molecule has 1 aromatic heterocycles. The van der Waals surface area contributed by atoms with Crippen molar-refractivity contribution in [2.75, 3.05) is 0 Å². The molecule has 1 heterocycles. The first-order chi connectivity index (χ1) is 12.6. The van der Waals surface area contributed by atoms with E-state index in [4.69, 9.17) is 16.3 Å². The fraction of sp³-hybridized carbons (Fsp3) is 0.350. The van der Waals surface area contributed by atoms with Crippen LogP contribution in [0.25, 0.3) is 0 Å². The number of hydrogen-bond acceptors (Lipinski definition) is 4. The first-order valence-corrected chi connectivity index (χ1v) is 8.91. The molecule has 0 fully saturated rings. The minimum Gasteiger partial charge on any atom is -0.449 e. The number of halogens is 1. The van der Waals surface area contributed by atoms with Crippen molar-refractivity contribution in [1.29, 1.82) is 0 Å². The Bertz CT molecular complexity index is 899. The highest BCUT2D eigenvalue weighted by atomic mass is 35.5. The lowest BCUT2D eigenvalue weighted by molar-refractivity contribution is -0.130. The Morgan fingerprint density at radius 2 is 1.85 bits per heavy atom. The summed E-state index contributed by atoms with van der Waals surface area (Å²) in [4.78, 5) is 36.5. The molecule has 1 amide bonds. The van der Waals surface area contributed by atoms with Gasteiger partial charge in [0.25, 0.3) is 11.5 Å². The normalized spacial score (nSPS) is 12.3. The zero-order valence-electron chi connectivity index (χ0n) is 15.8. The number of nitrogens with one attached hydrogen (secondary N) is 1. The Morgan fingerprint density at radius 1 is 1.19 bits per heavy atom. The van der Waals surface area contributed by atoms with E-state index in [1.807, 2.05) is 26.8 Å². The average molecular weight is 391 g/mol. The number of aromatic nitrogens is 1. The van der Waals surface area contributed by atoms with Crippen molar-refractivity contribution in [2.24, 2.45) is 0 Å². The van der Waals surface area contributed by atoms with Crippen molar-refractivity contribution in [2.45, 2.75) is 45.9 Å². The molecule has 0 radical (unpaired) electrons. The highest BCUT2D eigenvalue weighted by molar-refractivity contribution is 6.31. The molecule has 2 aromatic rings. The second kappa shape index (κ2) is 8.39. The molecular weight excluding hydrogens is 368 g/mol. The van der Waals surface area contributed by atoms with E-state index in [0.29, 0.717) is 5.02 Å². The van der Waals surface area contributed by atoms with Gasteiger partial charge in [-0.2, -0.15) is 0 Å².